The maximum atomic E-state index is 11.5. The summed E-state index contributed by atoms with van der Waals surface area (Å²) in [4.78, 5) is 24.5. The van der Waals surface area contributed by atoms with Crippen molar-refractivity contribution in [3.63, 3.8) is 0 Å². The maximum absolute atomic E-state index is 11.5. The Morgan fingerprint density at radius 2 is 2.00 bits per heavy atom. The molecule has 0 bridgehead atoms. The number of rotatable bonds is 4. The van der Waals surface area contributed by atoms with Crippen LogP contribution in [0.5, 0.6) is 0 Å². The van der Waals surface area contributed by atoms with Gasteiger partial charge in [-0.15, -0.1) is 0 Å². The van der Waals surface area contributed by atoms with Crippen molar-refractivity contribution in [3.8, 4) is 0 Å². The number of nitrogens with two attached hydrogens (primary N) is 2. The molecule has 1 fully saturated rings. The zero-order valence-corrected chi connectivity index (χ0v) is 9.61. The maximum Gasteiger partial charge on any atom is 0.251 e. The van der Waals surface area contributed by atoms with Gasteiger partial charge in [-0.05, 0) is 32.4 Å². The highest BCUT2D eigenvalue weighted by Gasteiger charge is 2.29. The molecule has 6 nitrogen and oxygen atoms in total. The van der Waals surface area contributed by atoms with Crippen LogP contribution in [0.4, 0.5) is 0 Å². The van der Waals surface area contributed by atoms with Gasteiger partial charge in [0.15, 0.2) is 0 Å². The second kappa shape index (κ2) is 5.81. The van der Waals surface area contributed by atoms with Crippen molar-refractivity contribution in [2.75, 3.05) is 13.1 Å². The fourth-order valence-electron chi connectivity index (χ4n) is 2.20. The second-order valence-corrected chi connectivity index (χ2v) is 4.15. The average Bonchev–Trinajstić information content (AvgIpc) is 2.30. The van der Waals surface area contributed by atoms with E-state index >= 15 is 0 Å². The molecule has 2 amide bonds. The molecule has 0 aromatic rings. The first-order valence-electron chi connectivity index (χ1n) is 5.64. The van der Waals surface area contributed by atoms with E-state index in [2.05, 4.69) is 10.3 Å². The molecule has 0 aromatic carbocycles. The van der Waals surface area contributed by atoms with Gasteiger partial charge < -0.3 is 5.73 Å². The topological polar surface area (TPSA) is 101 Å². The Bertz CT molecular complexity index is 262. The Morgan fingerprint density at radius 1 is 1.44 bits per heavy atom. The molecule has 1 rings (SSSR count). The monoisotopic (exact) mass is 228 g/mol. The first kappa shape index (κ1) is 12.9. The zero-order valence-electron chi connectivity index (χ0n) is 9.61. The third-order valence-electron chi connectivity index (χ3n) is 3.20. The first-order valence-corrected chi connectivity index (χ1v) is 5.64. The lowest BCUT2D eigenvalue weighted by Crippen LogP contribution is -2.52. The number of likely N-dealkylation sites (tertiary alicyclic amines) is 1. The molecule has 0 radical (unpaired) electrons. The standard InChI is InChI=1S/C10H20N4O2/c1-2-8(10(16)13-12)14-5-3-7(4-6-14)9(11)15/h7-8H,2-6,12H2,1H3,(H2,11,15)(H,13,16). The van der Waals surface area contributed by atoms with E-state index in [4.69, 9.17) is 11.6 Å². The normalized spacial score (nSPS) is 20.4. The molecule has 6 heteroatoms. The summed E-state index contributed by atoms with van der Waals surface area (Å²) in [6, 6.07) is -0.196. The summed E-state index contributed by atoms with van der Waals surface area (Å²) in [5.74, 6) is 4.68. The van der Waals surface area contributed by atoms with E-state index in [0.29, 0.717) is 6.42 Å². The molecule has 0 spiro atoms. The number of hydrazine groups is 1. The minimum absolute atomic E-state index is 0.0466. The number of hydrogen-bond donors (Lipinski definition) is 3. The Hall–Kier alpha value is -1.14. The molecule has 1 saturated heterocycles. The lowest BCUT2D eigenvalue weighted by atomic mass is 9.94. The molecule has 0 aliphatic carbocycles. The van der Waals surface area contributed by atoms with E-state index in [1.165, 1.54) is 0 Å². The second-order valence-electron chi connectivity index (χ2n) is 4.15. The summed E-state index contributed by atoms with van der Waals surface area (Å²) in [6.07, 6.45) is 2.16. The van der Waals surface area contributed by atoms with Crippen molar-refractivity contribution in [2.45, 2.75) is 32.2 Å². The summed E-state index contributed by atoms with van der Waals surface area (Å²) >= 11 is 0. The quantitative estimate of drug-likeness (QED) is 0.325. The van der Waals surface area contributed by atoms with Crippen LogP contribution < -0.4 is 17.0 Å². The van der Waals surface area contributed by atoms with Crippen LogP contribution in [0.1, 0.15) is 26.2 Å². The van der Waals surface area contributed by atoms with Gasteiger partial charge in [-0.25, -0.2) is 5.84 Å². The van der Waals surface area contributed by atoms with Crippen LogP contribution in [0.25, 0.3) is 0 Å². The summed E-state index contributed by atoms with van der Waals surface area (Å²) < 4.78 is 0. The predicted octanol–water partition coefficient (Wildman–Crippen LogP) is -1.05. The lowest BCUT2D eigenvalue weighted by molar-refractivity contribution is -0.128. The third kappa shape index (κ3) is 2.93. The summed E-state index contributed by atoms with van der Waals surface area (Å²) in [5.41, 5.74) is 7.43. The predicted molar refractivity (Wildman–Crippen MR) is 59.9 cm³/mol. The van der Waals surface area contributed by atoms with E-state index in [0.717, 1.165) is 25.9 Å². The average molecular weight is 228 g/mol. The Morgan fingerprint density at radius 3 is 2.38 bits per heavy atom. The Balaban J connectivity index is 2.51. The molecule has 0 saturated carbocycles. The highest BCUT2D eigenvalue weighted by molar-refractivity contribution is 5.81. The molecule has 92 valence electrons. The minimum Gasteiger partial charge on any atom is -0.369 e. The van der Waals surface area contributed by atoms with Gasteiger partial charge in [0.25, 0.3) is 5.91 Å². The van der Waals surface area contributed by atoms with Gasteiger partial charge in [0.2, 0.25) is 5.91 Å². The van der Waals surface area contributed by atoms with Crippen LogP contribution in [-0.2, 0) is 9.59 Å². The fraction of sp³-hybridized carbons (Fsp3) is 0.800. The van der Waals surface area contributed by atoms with Crippen molar-refractivity contribution in [1.29, 1.82) is 0 Å². The van der Waals surface area contributed by atoms with Crippen molar-refractivity contribution >= 4 is 11.8 Å². The van der Waals surface area contributed by atoms with Crippen LogP contribution in [0, 0.1) is 5.92 Å². The molecule has 1 aliphatic heterocycles. The van der Waals surface area contributed by atoms with E-state index in [-0.39, 0.29) is 23.8 Å². The number of primary amides is 1. The summed E-state index contributed by atoms with van der Waals surface area (Å²) in [5, 5.41) is 0. The molecule has 1 heterocycles. The molecular formula is C10H20N4O2. The molecule has 1 atom stereocenters. The summed E-state index contributed by atoms with van der Waals surface area (Å²) in [6.45, 7) is 3.39. The van der Waals surface area contributed by atoms with Crippen molar-refractivity contribution in [1.82, 2.24) is 10.3 Å². The van der Waals surface area contributed by atoms with Crippen molar-refractivity contribution in [2.24, 2.45) is 17.5 Å². The van der Waals surface area contributed by atoms with Gasteiger partial charge >= 0.3 is 0 Å². The van der Waals surface area contributed by atoms with E-state index < -0.39 is 0 Å². The molecule has 5 N–H and O–H groups in total. The number of nitrogens with zero attached hydrogens (tertiary/aromatic N) is 1. The molecule has 0 aromatic heterocycles. The Kier molecular flexibility index (Phi) is 4.70. The highest BCUT2D eigenvalue weighted by Crippen LogP contribution is 2.19. The van der Waals surface area contributed by atoms with Gasteiger partial charge in [-0.3, -0.25) is 19.9 Å². The van der Waals surface area contributed by atoms with Crippen molar-refractivity contribution < 1.29 is 9.59 Å². The van der Waals surface area contributed by atoms with Gasteiger partial charge in [0.05, 0.1) is 6.04 Å². The van der Waals surface area contributed by atoms with Crippen LogP contribution in [0.3, 0.4) is 0 Å². The highest BCUT2D eigenvalue weighted by atomic mass is 16.2. The number of carbonyl (C=O) groups excluding carboxylic acids is 2. The lowest BCUT2D eigenvalue weighted by Gasteiger charge is -2.35. The fourth-order valence-corrected chi connectivity index (χ4v) is 2.20. The smallest absolute Gasteiger partial charge is 0.251 e. The van der Waals surface area contributed by atoms with Crippen LogP contribution in [0.2, 0.25) is 0 Å². The number of nitrogens with one attached hydrogen (secondary N) is 1. The summed E-state index contributed by atoms with van der Waals surface area (Å²) in [7, 11) is 0. The number of carbonyl (C=O) groups is 2. The number of amides is 2. The number of hydrogen-bond acceptors (Lipinski definition) is 4. The Labute approximate surface area is 95.3 Å². The van der Waals surface area contributed by atoms with E-state index in [1.54, 1.807) is 0 Å². The van der Waals surface area contributed by atoms with Crippen LogP contribution >= 0.6 is 0 Å². The first-order chi connectivity index (χ1) is 7.60. The number of piperidine rings is 1. The largest absolute Gasteiger partial charge is 0.369 e. The van der Waals surface area contributed by atoms with Gasteiger partial charge in [0.1, 0.15) is 0 Å². The van der Waals surface area contributed by atoms with E-state index in [9.17, 15) is 9.59 Å². The van der Waals surface area contributed by atoms with Crippen LogP contribution in [-0.4, -0.2) is 35.8 Å². The van der Waals surface area contributed by atoms with Gasteiger partial charge in [0, 0.05) is 5.92 Å². The zero-order chi connectivity index (χ0) is 12.1. The molecule has 1 aliphatic rings. The molecule has 16 heavy (non-hydrogen) atoms. The van der Waals surface area contributed by atoms with Gasteiger partial charge in [-0.2, -0.15) is 0 Å². The molecular weight excluding hydrogens is 208 g/mol. The van der Waals surface area contributed by atoms with E-state index in [1.807, 2.05) is 6.92 Å². The van der Waals surface area contributed by atoms with Crippen molar-refractivity contribution in [3.05, 3.63) is 0 Å². The molecule has 1 unspecified atom stereocenters. The van der Waals surface area contributed by atoms with Crippen LogP contribution in [0.15, 0.2) is 0 Å². The minimum atomic E-state index is -0.240. The van der Waals surface area contributed by atoms with Gasteiger partial charge in [-0.1, -0.05) is 6.92 Å². The SMILES string of the molecule is CCC(C(=O)NN)N1CCC(C(N)=O)CC1. The third-order valence-corrected chi connectivity index (χ3v) is 3.20.